The van der Waals surface area contributed by atoms with Gasteiger partial charge in [0.2, 0.25) is 0 Å². The first-order chi connectivity index (χ1) is 17.9. The zero-order valence-electron chi connectivity index (χ0n) is 23.3. The molecule has 9 nitrogen and oxygen atoms in total. The molecule has 4 aliphatic rings. The van der Waals surface area contributed by atoms with Gasteiger partial charge in [0.1, 0.15) is 11.9 Å². The Kier molecular flexibility index (Phi) is 16.3. The van der Waals surface area contributed by atoms with Gasteiger partial charge in [0.25, 0.3) is 5.91 Å². The summed E-state index contributed by atoms with van der Waals surface area (Å²) in [4.78, 5) is 30.0. The number of hydrogen-bond acceptors (Lipinski definition) is 8. The first-order valence-electron chi connectivity index (χ1n) is 13.5. The predicted octanol–water partition coefficient (Wildman–Crippen LogP) is 4.21. The summed E-state index contributed by atoms with van der Waals surface area (Å²) in [6.07, 6.45) is 6.42. The third-order valence-corrected chi connectivity index (χ3v) is 8.39. The topological polar surface area (TPSA) is 106 Å². The van der Waals surface area contributed by atoms with Crippen molar-refractivity contribution in [2.45, 2.75) is 63.2 Å². The molecule has 2 bridgehead atoms. The Morgan fingerprint density at radius 1 is 1.00 bits per heavy atom. The highest BCUT2D eigenvalue weighted by molar-refractivity contribution is 6.33. The maximum atomic E-state index is 13.0. The summed E-state index contributed by atoms with van der Waals surface area (Å²) >= 11 is 6.13. The second-order valence-electron chi connectivity index (χ2n) is 10.5. The number of unbranched alkanes of at least 4 members (excludes halogenated alkanes) is 2. The van der Waals surface area contributed by atoms with E-state index in [1.54, 1.807) is 13.2 Å². The molecule has 0 aromatic heterocycles. The highest BCUT2D eigenvalue weighted by Crippen LogP contribution is 2.30. The lowest BCUT2D eigenvalue weighted by Gasteiger charge is -2.43. The van der Waals surface area contributed by atoms with E-state index in [0.717, 1.165) is 77.8 Å². The van der Waals surface area contributed by atoms with Crippen LogP contribution in [0.2, 0.25) is 5.02 Å². The maximum absolute atomic E-state index is 13.0. The molecule has 1 unspecified atom stereocenters. The number of benzene rings is 1. The predicted molar refractivity (Wildman–Crippen MR) is 165 cm³/mol. The van der Waals surface area contributed by atoms with Gasteiger partial charge in [-0.1, -0.05) is 18.0 Å². The van der Waals surface area contributed by atoms with E-state index in [1.165, 1.54) is 13.2 Å². The van der Waals surface area contributed by atoms with Gasteiger partial charge in [-0.15, -0.1) is 37.2 Å². The Morgan fingerprint density at radius 2 is 1.73 bits per heavy atom. The number of carbonyl (C=O) groups is 2. The average Bonchev–Trinajstić information content (AvgIpc) is 2.91. The third kappa shape index (κ3) is 9.68. The quantitative estimate of drug-likeness (QED) is 0.209. The van der Waals surface area contributed by atoms with Crippen LogP contribution in [0.3, 0.4) is 0 Å². The van der Waals surface area contributed by atoms with Crippen molar-refractivity contribution in [2.75, 3.05) is 59.2 Å². The van der Waals surface area contributed by atoms with E-state index in [9.17, 15) is 9.59 Å². The number of carbonyl (C=O) groups excluding carboxylic acids is 2. The largest absolute Gasteiger partial charge is 0.496 e. The van der Waals surface area contributed by atoms with Gasteiger partial charge in [-0.05, 0) is 63.7 Å². The van der Waals surface area contributed by atoms with Crippen molar-refractivity contribution in [3.63, 3.8) is 0 Å². The van der Waals surface area contributed by atoms with Crippen LogP contribution >= 0.6 is 48.8 Å². The number of piperidine rings is 4. The number of anilines is 1. The van der Waals surface area contributed by atoms with Crippen molar-refractivity contribution in [2.24, 2.45) is 5.92 Å². The number of nitrogens with zero attached hydrogens (tertiary/aromatic N) is 2. The molecule has 4 fully saturated rings. The Balaban J connectivity index is 0.00000267. The van der Waals surface area contributed by atoms with Crippen LogP contribution in [0.1, 0.15) is 55.3 Å². The minimum atomic E-state index is -0.260. The van der Waals surface area contributed by atoms with E-state index >= 15 is 0 Å². The van der Waals surface area contributed by atoms with Gasteiger partial charge in [0.05, 0.1) is 35.5 Å². The van der Waals surface area contributed by atoms with E-state index in [-0.39, 0.29) is 67.3 Å². The first-order valence-corrected chi connectivity index (χ1v) is 13.9. The van der Waals surface area contributed by atoms with E-state index in [2.05, 4.69) is 15.1 Å². The van der Waals surface area contributed by atoms with Crippen LogP contribution in [0, 0.1) is 5.92 Å². The standard InChI is InChI=1S/C27H41ClN4O5.3ClH/c1-35-23-15-21(29)20(28)14-19(23)27(34)30-22-9-13-31(17-25(22)36-2)10-5-3-4-6-26(33)37-24-16-32-11-7-18(24)8-12-32;;;/h14-15,18,22,24-25H,3-13,16-17,29H2,1-2H3,(H,30,34);3*1H/t22-,24?,25+;;;/m1.../s1. The third-order valence-electron chi connectivity index (χ3n) is 8.06. The number of amides is 1. The highest BCUT2D eigenvalue weighted by Gasteiger charge is 2.36. The molecule has 0 saturated carbocycles. The van der Waals surface area contributed by atoms with Crippen LogP contribution in [-0.4, -0.2) is 93.4 Å². The summed E-state index contributed by atoms with van der Waals surface area (Å²) < 4.78 is 16.8. The van der Waals surface area contributed by atoms with E-state index in [0.29, 0.717) is 34.4 Å². The normalized spacial score (nSPS) is 25.5. The number of nitrogens with two attached hydrogens (primary N) is 1. The zero-order chi connectivity index (χ0) is 26.4. The molecule has 230 valence electrons. The highest BCUT2D eigenvalue weighted by atomic mass is 35.5. The lowest BCUT2D eigenvalue weighted by atomic mass is 9.86. The summed E-state index contributed by atoms with van der Waals surface area (Å²) in [5.41, 5.74) is 6.56. The van der Waals surface area contributed by atoms with Gasteiger partial charge in [-0.25, -0.2) is 0 Å². The molecule has 1 amide bonds. The molecule has 4 saturated heterocycles. The summed E-state index contributed by atoms with van der Waals surface area (Å²) in [6.45, 7) is 5.76. The molecule has 3 atom stereocenters. The van der Waals surface area contributed by atoms with Crippen LogP contribution in [0.15, 0.2) is 12.1 Å². The Morgan fingerprint density at radius 3 is 2.35 bits per heavy atom. The summed E-state index contributed by atoms with van der Waals surface area (Å²) in [5.74, 6) is 0.637. The zero-order valence-corrected chi connectivity index (χ0v) is 26.5. The molecule has 13 heteroatoms. The van der Waals surface area contributed by atoms with Crippen molar-refractivity contribution < 1.29 is 23.8 Å². The fourth-order valence-electron chi connectivity index (χ4n) is 5.80. The molecule has 5 rings (SSSR count). The second kappa shape index (κ2) is 17.7. The Bertz CT molecular complexity index is 952. The van der Waals surface area contributed by atoms with E-state index < -0.39 is 0 Å². The van der Waals surface area contributed by atoms with Gasteiger partial charge in [0, 0.05) is 39.2 Å². The lowest BCUT2D eigenvalue weighted by molar-refractivity contribution is -0.158. The van der Waals surface area contributed by atoms with Crippen molar-refractivity contribution in [3.8, 4) is 5.75 Å². The average molecular weight is 646 g/mol. The SMILES string of the molecule is COc1cc(N)c(Cl)cc1C(=O)N[C@@H]1CCN(CCCCCC(=O)OC2CN3CCC2CC3)C[C@@H]1OC.Cl.Cl.Cl. The number of nitrogens with one attached hydrogen (secondary N) is 1. The van der Waals surface area contributed by atoms with Gasteiger partial charge in [-0.3, -0.25) is 14.5 Å². The van der Waals surface area contributed by atoms with Crippen molar-refractivity contribution in [1.82, 2.24) is 15.1 Å². The number of esters is 1. The van der Waals surface area contributed by atoms with Gasteiger partial charge >= 0.3 is 5.97 Å². The fourth-order valence-corrected chi connectivity index (χ4v) is 5.97. The van der Waals surface area contributed by atoms with Crippen molar-refractivity contribution >= 4 is 66.4 Å². The summed E-state index contributed by atoms with van der Waals surface area (Å²) in [7, 11) is 3.17. The van der Waals surface area contributed by atoms with Gasteiger partial charge in [0.15, 0.2) is 0 Å². The maximum Gasteiger partial charge on any atom is 0.306 e. The Hall–Kier alpha value is -1.20. The number of halogens is 4. The van der Waals surface area contributed by atoms with Crippen molar-refractivity contribution in [3.05, 3.63) is 22.7 Å². The van der Waals surface area contributed by atoms with Gasteiger partial charge < -0.3 is 30.2 Å². The molecule has 0 aliphatic carbocycles. The molecular formula is C27H44Cl4N4O5. The monoisotopic (exact) mass is 644 g/mol. The number of methoxy groups -OCH3 is 2. The molecule has 4 aliphatic heterocycles. The molecule has 4 heterocycles. The minimum absolute atomic E-state index is 0. The Labute approximate surface area is 261 Å². The molecule has 40 heavy (non-hydrogen) atoms. The van der Waals surface area contributed by atoms with Crippen LogP contribution in [-0.2, 0) is 14.3 Å². The van der Waals surface area contributed by atoms with E-state index in [1.807, 2.05) is 0 Å². The van der Waals surface area contributed by atoms with Crippen LogP contribution < -0.4 is 15.8 Å². The molecule has 1 aromatic carbocycles. The molecule has 0 spiro atoms. The van der Waals surface area contributed by atoms with E-state index in [4.69, 9.17) is 31.5 Å². The first kappa shape index (κ1) is 36.8. The van der Waals surface area contributed by atoms with Gasteiger partial charge in [-0.2, -0.15) is 0 Å². The molecule has 3 N–H and O–H groups in total. The number of hydrogen-bond donors (Lipinski definition) is 2. The summed E-state index contributed by atoms with van der Waals surface area (Å²) in [5, 5.41) is 3.40. The van der Waals surface area contributed by atoms with Crippen LogP contribution in [0.5, 0.6) is 5.75 Å². The fraction of sp³-hybridized carbons (Fsp3) is 0.704. The molecule has 0 radical (unpaired) electrons. The summed E-state index contributed by atoms with van der Waals surface area (Å²) in [6, 6.07) is 2.98. The number of fused-ring (bicyclic) bond motifs is 3. The smallest absolute Gasteiger partial charge is 0.306 e. The minimum Gasteiger partial charge on any atom is -0.496 e. The number of rotatable bonds is 11. The lowest BCUT2D eigenvalue weighted by Crippen LogP contribution is -2.54. The number of ether oxygens (including phenoxy) is 3. The van der Waals surface area contributed by atoms with Crippen LogP contribution in [0.25, 0.3) is 0 Å². The molecular weight excluding hydrogens is 602 g/mol. The molecule has 1 aromatic rings. The number of nitrogen functional groups attached to an aromatic ring is 1. The van der Waals surface area contributed by atoms with Crippen LogP contribution in [0.4, 0.5) is 5.69 Å². The second-order valence-corrected chi connectivity index (χ2v) is 10.9. The van der Waals surface area contributed by atoms with Crippen molar-refractivity contribution in [1.29, 1.82) is 0 Å². The number of likely N-dealkylation sites (tertiary alicyclic amines) is 1.